The van der Waals surface area contributed by atoms with Crippen LogP contribution in [0.1, 0.15) is 16.7 Å². The number of ether oxygens (including phenoxy) is 1. The maximum absolute atomic E-state index is 14.6. The minimum Gasteiger partial charge on any atom is -0.445 e. The van der Waals surface area contributed by atoms with Crippen molar-refractivity contribution in [2.45, 2.75) is 31.7 Å². The van der Waals surface area contributed by atoms with Crippen LogP contribution in [0.3, 0.4) is 0 Å². The van der Waals surface area contributed by atoms with E-state index in [-0.39, 0.29) is 31.8 Å². The Hall–Kier alpha value is -3.75. The van der Waals surface area contributed by atoms with E-state index in [9.17, 15) is 18.7 Å². The molecule has 1 aliphatic heterocycles. The number of likely N-dealkylation sites (tertiary alicyclic amines) is 1. The van der Waals surface area contributed by atoms with Crippen LogP contribution in [-0.2, 0) is 24.3 Å². The average Bonchev–Trinajstić information content (AvgIpc) is 3.51. The van der Waals surface area contributed by atoms with Crippen LogP contribution >= 0.6 is 0 Å². The topological polar surface area (TPSA) is 68.8 Å². The Kier molecular flexibility index (Phi) is 7.48. The van der Waals surface area contributed by atoms with Crippen LogP contribution in [0.25, 0.3) is 10.9 Å². The molecular formula is C29H29F2N3O3. The smallest absolute Gasteiger partial charge is 0.410 e. The van der Waals surface area contributed by atoms with Gasteiger partial charge in [0, 0.05) is 42.3 Å². The van der Waals surface area contributed by atoms with Crippen molar-refractivity contribution in [1.29, 1.82) is 0 Å². The van der Waals surface area contributed by atoms with Crippen LogP contribution in [0.2, 0.25) is 0 Å². The molecule has 5 rings (SSSR count). The minimum absolute atomic E-state index is 0.0978. The fraction of sp³-hybridized carbons (Fsp3) is 0.276. The summed E-state index contributed by atoms with van der Waals surface area (Å²) in [6, 6.07) is 20.3. The molecule has 0 saturated carbocycles. The molecule has 1 saturated heterocycles. The zero-order valence-electron chi connectivity index (χ0n) is 20.3. The number of β-amino-alcohol motifs (C(OH)–C–C–N with tert-alkyl or cyclic N) is 1. The van der Waals surface area contributed by atoms with Gasteiger partial charge in [-0.15, -0.1) is 0 Å². The molecule has 6 nitrogen and oxygen atoms in total. The van der Waals surface area contributed by atoms with Crippen molar-refractivity contribution >= 4 is 17.0 Å². The molecule has 1 fully saturated rings. The Morgan fingerprint density at radius 3 is 2.65 bits per heavy atom. The van der Waals surface area contributed by atoms with Crippen molar-refractivity contribution in [3.63, 3.8) is 0 Å². The third kappa shape index (κ3) is 5.81. The van der Waals surface area contributed by atoms with Gasteiger partial charge in [-0.25, -0.2) is 13.6 Å². The number of aromatic nitrogens is 1. The number of aliphatic hydroxyl groups is 1. The van der Waals surface area contributed by atoms with E-state index in [0.717, 1.165) is 34.2 Å². The third-order valence-corrected chi connectivity index (χ3v) is 6.92. The van der Waals surface area contributed by atoms with Gasteiger partial charge in [0.25, 0.3) is 0 Å². The van der Waals surface area contributed by atoms with E-state index in [1.165, 1.54) is 11.0 Å². The van der Waals surface area contributed by atoms with E-state index in [0.29, 0.717) is 13.0 Å². The number of aliphatic hydroxyl groups excluding tert-OH is 1. The second kappa shape index (κ2) is 11.1. The maximum Gasteiger partial charge on any atom is 0.410 e. The van der Waals surface area contributed by atoms with Crippen LogP contribution in [0.5, 0.6) is 0 Å². The fourth-order valence-electron chi connectivity index (χ4n) is 4.94. The summed E-state index contributed by atoms with van der Waals surface area (Å²) in [5.74, 6) is -1.03. The number of hydrogen-bond acceptors (Lipinski definition) is 4. The SMILES string of the molecule is O=C(OCc1ccccc1)N1C[C@@H](O)[C@H](N(CCc2c[nH]c3ccccc23)Cc2cc(F)ccc2F)C1. The van der Waals surface area contributed by atoms with Crippen LogP contribution in [0.15, 0.2) is 79.0 Å². The number of carbonyl (C=O) groups excluding carboxylic acids is 1. The highest BCUT2D eigenvalue weighted by molar-refractivity contribution is 5.83. The molecular weight excluding hydrogens is 476 g/mol. The van der Waals surface area contributed by atoms with E-state index in [2.05, 4.69) is 4.98 Å². The molecule has 1 aromatic heterocycles. The number of H-pyrrole nitrogens is 1. The zero-order chi connectivity index (χ0) is 25.8. The summed E-state index contributed by atoms with van der Waals surface area (Å²) in [6.45, 7) is 1.04. The van der Waals surface area contributed by atoms with Crippen molar-refractivity contribution in [3.05, 3.63) is 107 Å². The number of nitrogens with one attached hydrogen (secondary N) is 1. The molecule has 2 atom stereocenters. The number of nitrogens with zero attached hydrogens (tertiary/aromatic N) is 2. The molecule has 0 bridgehead atoms. The van der Waals surface area contributed by atoms with Gasteiger partial charge in [-0.05, 0) is 41.8 Å². The average molecular weight is 506 g/mol. The first-order valence-electron chi connectivity index (χ1n) is 12.3. The molecule has 192 valence electrons. The summed E-state index contributed by atoms with van der Waals surface area (Å²) in [6.07, 6.45) is 1.20. The van der Waals surface area contributed by atoms with E-state index >= 15 is 0 Å². The second-order valence-electron chi connectivity index (χ2n) is 9.40. The van der Waals surface area contributed by atoms with Crippen LogP contribution < -0.4 is 0 Å². The summed E-state index contributed by atoms with van der Waals surface area (Å²) >= 11 is 0. The van der Waals surface area contributed by atoms with Gasteiger partial charge in [0.2, 0.25) is 0 Å². The summed E-state index contributed by atoms with van der Waals surface area (Å²) < 4.78 is 33.9. The molecule has 0 radical (unpaired) electrons. The standard InChI is InChI=1S/C29H29F2N3O3/c30-23-10-11-25(31)22(14-23)16-33(13-12-21-15-32-26-9-5-4-8-24(21)26)27-17-34(18-28(27)35)29(36)37-19-20-6-2-1-3-7-20/h1-11,14-15,27-28,32,35H,12-13,16-19H2/t27-,28-/m1/s1. The number of aromatic amines is 1. The molecule has 2 heterocycles. The van der Waals surface area contributed by atoms with Gasteiger partial charge >= 0.3 is 6.09 Å². The number of benzene rings is 3. The first-order chi connectivity index (χ1) is 18.0. The summed E-state index contributed by atoms with van der Waals surface area (Å²) in [5, 5.41) is 12.0. The predicted octanol–water partition coefficient (Wildman–Crippen LogP) is 4.87. The van der Waals surface area contributed by atoms with Crippen molar-refractivity contribution in [1.82, 2.24) is 14.8 Å². The van der Waals surface area contributed by atoms with Gasteiger partial charge < -0.3 is 19.7 Å². The minimum atomic E-state index is -0.858. The van der Waals surface area contributed by atoms with Gasteiger partial charge in [-0.3, -0.25) is 4.90 Å². The number of amides is 1. The zero-order valence-corrected chi connectivity index (χ0v) is 20.3. The third-order valence-electron chi connectivity index (χ3n) is 6.92. The molecule has 0 spiro atoms. The van der Waals surface area contributed by atoms with Crippen LogP contribution in [0.4, 0.5) is 13.6 Å². The largest absolute Gasteiger partial charge is 0.445 e. The van der Waals surface area contributed by atoms with Crippen LogP contribution in [-0.4, -0.2) is 57.8 Å². The number of para-hydroxylation sites is 1. The lowest BCUT2D eigenvalue weighted by Gasteiger charge is -2.30. The second-order valence-corrected chi connectivity index (χ2v) is 9.40. The Balaban J connectivity index is 1.31. The highest BCUT2D eigenvalue weighted by Crippen LogP contribution is 2.24. The first-order valence-corrected chi connectivity index (χ1v) is 12.3. The van der Waals surface area contributed by atoms with Gasteiger partial charge in [0.1, 0.15) is 18.2 Å². The van der Waals surface area contributed by atoms with E-state index in [1.807, 2.05) is 65.7 Å². The van der Waals surface area contributed by atoms with Gasteiger partial charge in [-0.1, -0.05) is 48.5 Å². The van der Waals surface area contributed by atoms with Crippen molar-refractivity contribution in [2.24, 2.45) is 0 Å². The fourth-order valence-corrected chi connectivity index (χ4v) is 4.94. The lowest BCUT2D eigenvalue weighted by Crippen LogP contribution is -2.44. The number of halogens is 2. The van der Waals surface area contributed by atoms with Gasteiger partial charge in [-0.2, -0.15) is 0 Å². The number of carbonyl (C=O) groups is 1. The Morgan fingerprint density at radius 2 is 1.81 bits per heavy atom. The van der Waals surface area contributed by atoms with Gasteiger partial charge in [0.15, 0.2) is 0 Å². The Bertz CT molecular complexity index is 1360. The lowest BCUT2D eigenvalue weighted by molar-refractivity contribution is 0.0776. The molecule has 1 amide bonds. The molecule has 8 heteroatoms. The van der Waals surface area contributed by atoms with Gasteiger partial charge in [0.05, 0.1) is 18.7 Å². The highest BCUT2D eigenvalue weighted by atomic mass is 19.1. The van der Waals surface area contributed by atoms with E-state index in [4.69, 9.17) is 4.74 Å². The first kappa shape index (κ1) is 24.9. The van der Waals surface area contributed by atoms with Crippen molar-refractivity contribution in [2.75, 3.05) is 19.6 Å². The van der Waals surface area contributed by atoms with Crippen molar-refractivity contribution < 1.29 is 23.4 Å². The molecule has 4 aromatic rings. The predicted molar refractivity (Wildman–Crippen MR) is 137 cm³/mol. The summed E-state index contributed by atoms with van der Waals surface area (Å²) in [5.41, 5.74) is 3.19. The van der Waals surface area contributed by atoms with E-state index < -0.39 is 29.9 Å². The summed E-state index contributed by atoms with van der Waals surface area (Å²) in [7, 11) is 0. The summed E-state index contributed by atoms with van der Waals surface area (Å²) in [4.78, 5) is 19.4. The molecule has 2 N–H and O–H groups in total. The molecule has 3 aromatic carbocycles. The molecule has 0 unspecified atom stereocenters. The highest BCUT2D eigenvalue weighted by Gasteiger charge is 2.38. The molecule has 0 aliphatic carbocycles. The maximum atomic E-state index is 14.6. The Morgan fingerprint density at radius 1 is 1.03 bits per heavy atom. The van der Waals surface area contributed by atoms with Crippen molar-refractivity contribution in [3.8, 4) is 0 Å². The monoisotopic (exact) mass is 505 g/mol. The van der Waals surface area contributed by atoms with E-state index in [1.54, 1.807) is 0 Å². The number of hydrogen-bond donors (Lipinski definition) is 2. The number of fused-ring (bicyclic) bond motifs is 1. The molecule has 1 aliphatic rings. The lowest BCUT2D eigenvalue weighted by atomic mass is 10.1. The Labute approximate surface area is 214 Å². The van der Waals surface area contributed by atoms with Crippen LogP contribution in [0, 0.1) is 11.6 Å². The quantitative estimate of drug-likeness (QED) is 0.359. The number of rotatable bonds is 8. The molecule has 37 heavy (non-hydrogen) atoms. The normalized spacial score (nSPS) is 17.6.